The summed E-state index contributed by atoms with van der Waals surface area (Å²) in [6.07, 6.45) is 6.52. The van der Waals surface area contributed by atoms with Crippen molar-refractivity contribution in [1.29, 1.82) is 0 Å². The third-order valence-corrected chi connectivity index (χ3v) is 5.20. The molecule has 126 valence electrons. The number of hydrogen-bond acceptors (Lipinski definition) is 3. The molecule has 0 bridgehead atoms. The Bertz CT molecular complexity index is 532. The van der Waals surface area contributed by atoms with Gasteiger partial charge in [-0.15, -0.1) is 0 Å². The molecule has 0 atom stereocenters. The maximum Gasteiger partial charge on any atom is 0.234 e. The largest absolute Gasteiger partial charge is 0.381 e. The maximum atomic E-state index is 12.3. The van der Waals surface area contributed by atoms with E-state index in [0.717, 1.165) is 38.9 Å². The predicted molar refractivity (Wildman–Crippen MR) is 91.3 cm³/mol. The van der Waals surface area contributed by atoms with Gasteiger partial charge in [0.25, 0.3) is 0 Å². The van der Waals surface area contributed by atoms with Gasteiger partial charge in [0, 0.05) is 24.8 Å². The summed E-state index contributed by atoms with van der Waals surface area (Å²) in [5.74, 6) is 0.107. The average molecular weight is 316 g/mol. The highest BCUT2D eigenvalue weighted by Crippen LogP contribution is 2.38. The van der Waals surface area contributed by atoms with Crippen LogP contribution < -0.4 is 10.6 Å². The number of carbonyl (C=O) groups excluding carboxylic acids is 1. The summed E-state index contributed by atoms with van der Waals surface area (Å²) in [4.78, 5) is 12.3. The van der Waals surface area contributed by atoms with Crippen LogP contribution in [0.5, 0.6) is 0 Å². The van der Waals surface area contributed by atoms with Crippen LogP contribution in [0.25, 0.3) is 0 Å². The minimum Gasteiger partial charge on any atom is -0.381 e. The monoisotopic (exact) mass is 316 g/mol. The quantitative estimate of drug-likeness (QED) is 0.878. The van der Waals surface area contributed by atoms with Crippen LogP contribution in [0.2, 0.25) is 0 Å². The van der Waals surface area contributed by atoms with E-state index in [-0.39, 0.29) is 17.5 Å². The Morgan fingerprint density at radius 1 is 1.26 bits per heavy atom. The van der Waals surface area contributed by atoms with Crippen molar-refractivity contribution in [3.8, 4) is 0 Å². The maximum absolute atomic E-state index is 12.3. The molecule has 0 spiro atoms. The topological polar surface area (TPSA) is 50.4 Å². The second kappa shape index (κ2) is 7.45. The van der Waals surface area contributed by atoms with E-state index in [0.29, 0.717) is 6.54 Å². The first-order valence-corrected chi connectivity index (χ1v) is 8.87. The molecule has 1 saturated heterocycles. The van der Waals surface area contributed by atoms with Crippen LogP contribution in [0.4, 0.5) is 0 Å². The molecule has 2 N–H and O–H groups in total. The zero-order valence-corrected chi connectivity index (χ0v) is 14.1. The van der Waals surface area contributed by atoms with E-state index in [4.69, 9.17) is 4.74 Å². The SMILES string of the molecule is Cc1cccc(C2(NCC(=O)NC3CCOCC3)CCCC2)c1. The number of aryl methyl sites for hydroxylation is 1. The van der Waals surface area contributed by atoms with Gasteiger partial charge >= 0.3 is 0 Å². The van der Waals surface area contributed by atoms with Crippen LogP contribution in [-0.2, 0) is 15.1 Å². The zero-order valence-electron chi connectivity index (χ0n) is 14.1. The van der Waals surface area contributed by atoms with Crippen molar-refractivity contribution in [1.82, 2.24) is 10.6 Å². The minimum atomic E-state index is -0.0287. The molecule has 1 aliphatic carbocycles. The van der Waals surface area contributed by atoms with Gasteiger partial charge in [0.05, 0.1) is 6.54 Å². The lowest BCUT2D eigenvalue weighted by Gasteiger charge is -2.32. The second-order valence-electron chi connectivity index (χ2n) is 6.97. The molecular formula is C19H28N2O2. The van der Waals surface area contributed by atoms with Gasteiger partial charge in [0.2, 0.25) is 5.91 Å². The van der Waals surface area contributed by atoms with Crippen molar-refractivity contribution < 1.29 is 9.53 Å². The van der Waals surface area contributed by atoms with Gasteiger partial charge in [0.15, 0.2) is 0 Å². The Morgan fingerprint density at radius 3 is 2.70 bits per heavy atom. The molecule has 1 amide bonds. The van der Waals surface area contributed by atoms with Crippen molar-refractivity contribution in [2.45, 2.75) is 57.0 Å². The van der Waals surface area contributed by atoms with Crippen molar-refractivity contribution in [2.24, 2.45) is 0 Å². The molecule has 1 aromatic rings. The van der Waals surface area contributed by atoms with E-state index >= 15 is 0 Å². The standard InChI is InChI=1S/C19H28N2O2/c1-15-5-4-6-16(13-15)19(9-2-3-10-19)20-14-18(22)21-17-7-11-23-12-8-17/h4-6,13,17,20H,2-3,7-12,14H2,1H3,(H,21,22). The van der Waals surface area contributed by atoms with E-state index in [9.17, 15) is 4.79 Å². The van der Waals surface area contributed by atoms with Crippen molar-refractivity contribution >= 4 is 5.91 Å². The first kappa shape index (κ1) is 16.5. The summed E-state index contributed by atoms with van der Waals surface area (Å²) in [5, 5.41) is 6.73. The molecule has 1 aliphatic heterocycles. The summed E-state index contributed by atoms with van der Waals surface area (Å²) in [7, 11) is 0. The van der Waals surface area contributed by atoms with E-state index in [1.807, 2.05) is 0 Å². The fraction of sp³-hybridized carbons (Fsp3) is 0.632. The van der Waals surface area contributed by atoms with Crippen molar-refractivity contribution in [2.75, 3.05) is 19.8 Å². The van der Waals surface area contributed by atoms with Crippen LogP contribution >= 0.6 is 0 Å². The fourth-order valence-electron chi connectivity index (χ4n) is 3.86. The molecule has 0 radical (unpaired) electrons. The van der Waals surface area contributed by atoms with E-state index in [1.54, 1.807) is 0 Å². The summed E-state index contributed by atoms with van der Waals surface area (Å²) in [6.45, 7) is 4.03. The Kier molecular flexibility index (Phi) is 5.34. The molecule has 1 aromatic carbocycles. The molecule has 1 saturated carbocycles. The fourth-order valence-corrected chi connectivity index (χ4v) is 3.86. The Hall–Kier alpha value is -1.39. The third-order valence-electron chi connectivity index (χ3n) is 5.20. The molecule has 0 aromatic heterocycles. The molecule has 0 unspecified atom stereocenters. The molecule has 1 heterocycles. The molecule has 3 rings (SSSR count). The highest BCUT2D eigenvalue weighted by Gasteiger charge is 2.35. The number of nitrogens with one attached hydrogen (secondary N) is 2. The van der Waals surface area contributed by atoms with Gasteiger partial charge in [-0.1, -0.05) is 42.7 Å². The number of hydrogen-bond donors (Lipinski definition) is 2. The van der Waals surface area contributed by atoms with E-state index in [1.165, 1.54) is 24.0 Å². The smallest absolute Gasteiger partial charge is 0.234 e. The van der Waals surface area contributed by atoms with Gasteiger partial charge in [-0.25, -0.2) is 0 Å². The Labute approximate surface area is 139 Å². The summed E-state index contributed by atoms with van der Waals surface area (Å²) < 4.78 is 5.34. The third kappa shape index (κ3) is 4.12. The first-order chi connectivity index (χ1) is 11.2. The van der Waals surface area contributed by atoms with Crippen LogP contribution in [0.3, 0.4) is 0 Å². The number of amides is 1. The first-order valence-electron chi connectivity index (χ1n) is 8.87. The number of benzene rings is 1. The Morgan fingerprint density at radius 2 is 2.00 bits per heavy atom. The van der Waals surface area contributed by atoms with Gasteiger partial charge < -0.3 is 10.1 Å². The highest BCUT2D eigenvalue weighted by atomic mass is 16.5. The van der Waals surface area contributed by atoms with E-state index in [2.05, 4.69) is 41.8 Å². The van der Waals surface area contributed by atoms with E-state index < -0.39 is 0 Å². The average Bonchev–Trinajstić information content (AvgIpc) is 3.04. The minimum absolute atomic E-state index is 0.0287. The van der Waals surface area contributed by atoms with Crippen molar-refractivity contribution in [3.63, 3.8) is 0 Å². The molecule has 4 nitrogen and oxygen atoms in total. The highest BCUT2D eigenvalue weighted by molar-refractivity contribution is 5.78. The normalized spacial score (nSPS) is 21.3. The molecule has 4 heteroatoms. The van der Waals surface area contributed by atoms with Crippen LogP contribution in [0.15, 0.2) is 24.3 Å². The zero-order chi connectivity index (χ0) is 16.1. The molecule has 23 heavy (non-hydrogen) atoms. The number of carbonyl (C=O) groups is 1. The second-order valence-corrected chi connectivity index (χ2v) is 6.97. The van der Waals surface area contributed by atoms with Crippen molar-refractivity contribution in [3.05, 3.63) is 35.4 Å². The van der Waals surface area contributed by atoms with Gasteiger partial charge in [0.1, 0.15) is 0 Å². The summed E-state index contributed by atoms with van der Waals surface area (Å²) in [5.41, 5.74) is 2.58. The summed E-state index contributed by atoms with van der Waals surface area (Å²) in [6, 6.07) is 8.98. The lowest BCUT2D eigenvalue weighted by atomic mass is 9.87. The number of ether oxygens (including phenoxy) is 1. The Balaban J connectivity index is 1.60. The molecule has 2 fully saturated rings. The lowest BCUT2D eigenvalue weighted by Crippen LogP contribution is -2.48. The lowest BCUT2D eigenvalue weighted by molar-refractivity contribution is -0.121. The van der Waals surface area contributed by atoms with Crippen LogP contribution in [-0.4, -0.2) is 31.7 Å². The molecular weight excluding hydrogens is 288 g/mol. The summed E-state index contributed by atoms with van der Waals surface area (Å²) >= 11 is 0. The predicted octanol–water partition coefficient (Wildman–Crippen LogP) is 2.65. The van der Waals surface area contributed by atoms with Gasteiger partial charge in [-0.05, 0) is 38.2 Å². The van der Waals surface area contributed by atoms with Crippen LogP contribution in [0, 0.1) is 6.92 Å². The van der Waals surface area contributed by atoms with Gasteiger partial charge in [-0.2, -0.15) is 0 Å². The number of rotatable bonds is 5. The van der Waals surface area contributed by atoms with Crippen LogP contribution in [0.1, 0.15) is 49.7 Å². The van der Waals surface area contributed by atoms with Gasteiger partial charge in [-0.3, -0.25) is 10.1 Å². The molecule has 2 aliphatic rings.